The quantitative estimate of drug-likeness (QED) is 0.614. The van der Waals surface area contributed by atoms with Gasteiger partial charge in [-0.2, -0.15) is 0 Å². The molecule has 3 heterocycles. The van der Waals surface area contributed by atoms with Crippen molar-refractivity contribution < 1.29 is 9.53 Å². The molecule has 3 fully saturated rings. The minimum atomic E-state index is 0.552. The van der Waals surface area contributed by atoms with Gasteiger partial charge >= 0.3 is 0 Å². The van der Waals surface area contributed by atoms with Crippen molar-refractivity contribution in [3.8, 4) is 5.75 Å². The van der Waals surface area contributed by atoms with Crippen LogP contribution in [0.1, 0.15) is 69.8 Å². The van der Waals surface area contributed by atoms with E-state index in [1.807, 2.05) is 12.3 Å². The molecule has 2 aliphatic heterocycles. The molecule has 1 saturated heterocycles. The van der Waals surface area contributed by atoms with Crippen molar-refractivity contribution in [1.82, 2.24) is 9.88 Å². The molecule has 170 valence electrons. The number of fused-ring (bicyclic) bond motifs is 1. The van der Waals surface area contributed by atoms with Gasteiger partial charge in [-0.3, -0.25) is 9.69 Å². The molecule has 2 saturated carbocycles. The van der Waals surface area contributed by atoms with Crippen LogP contribution < -0.4 is 9.64 Å². The number of nitrogens with zero attached hydrogens (tertiary/aromatic N) is 3. The lowest BCUT2D eigenvalue weighted by Crippen LogP contribution is -2.47. The van der Waals surface area contributed by atoms with Gasteiger partial charge in [0.1, 0.15) is 17.4 Å². The van der Waals surface area contributed by atoms with E-state index in [9.17, 15) is 4.79 Å². The zero-order chi connectivity index (χ0) is 21.0. The van der Waals surface area contributed by atoms with Crippen molar-refractivity contribution in [3.63, 3.8) is 0 Å². The fourth-order valence-electron chi connectivity index (χ4n) is 6.07. The monoisotopic (exact) mass is 425 g/mol. The molecule has 5 heteroatoms. The van der Waals surface area contributed by atoms with Gasteiger partial charge in [-0.25, -0.2) is 4.98 Å². The van der Waals surface area contributed by atoms with Crippen LogP contribution >= 0.6 is 0 Å². The lowest BCUT2D eigenvalue weighted by molar-refractivity contribution is -0.121. The number of carbonyl (C=O) groups is 1. The van der Waals surface area contributed by atoms with Gasteiger partial charge in [-0.05, 0) is 49.6 Å². The minimum absolute atomic E-state index is 0.552. The Labute approximate surface area is 187 Å². The third-order valence-corrected chi connectivity index (χ3v) is 8.35. The topological polar surface area (TPSA) is 45.7 Å². The summed E-state index contributed by atoms with van der Waals surface area (Å²) in [6.07, 6.45) is 15.1. The van der Waals surface area contributed by atoms with Crippen LogP contribution in [0.15, 0.2) is 12.3 Å². The largest absolute Gasteiger partial charge is 0.493 e. The molecule has 0 spiro atoms. The number of piperazine rings is 1. The summed E-state index contributed by atoms with van der Waals surface area (Å²) in [5, 5.41) is 0. The number of hydrogen-bond acceptors (Lipinski definition) is 5. The Kier molecular flexibility index (Phi) is 6.78. The van der Waals surface area contributed by atoms with Crippen LogP contribution in [-0.2, 0) is 11.2 Å². The molecule has 4 aliphatic rings. The summed E-state index contributed by atoms with van der Waals surface area (Å²) in [5.74, 6) is 5.02. The first-order chi connectivity index (χ1) is 15.2. The van der Waals surface area contributed by atoms with Crippen LogP contribution in [-0.4, -0.2) is 55.0 Å². The normalized spacial score (nSPS) is 26.9. The van der Waals surface area contributed by atoms with E-state index in [4.69, 9.17) is 4.74 Å². The highest BCUT2D eigenvalue weighted by molar-refractivity contribution is 5.79. The van der Waals surface area contributed by atoms with Gasteiger partial charge in [0.05, 0.1) is 6.61 Å². The Morgan fingerprint density at radius 3 is 2.39 bits per heavy atom. The summed E-state index contributed by atoms with van der Waals surface area (Å²) in [6.45, 7) is 6.44. The maximum Gasteiger partial charge on any atom is 0.135 e. The highest BCUT2D eigenvalue weighted by atomic mass is 16.5. The average molecular weight is 426 g/mol. The highest BCUT2D eigenvalue weighted by Crippen LogP contribution is 2.36. The molecule has 0 atom stereocenters. The Morgan fingerprint density at radius 2 is 1.68 bits per heavy atom. The summed E-state index contributed by atoms with van der Waals surface area (Å²) in [6, 6.07) is 2.00. The molecule has 5 nitrogen and oxygen atoms in total. The van der Waals surface area contributed by atoms with Gasteiger partial charge in [0.25, 0.3) is 0 Å². The summed E-state index contributed by atoms with van der Waals surface area (Å²) >= 11 is 0. The molecule has 0 bridgehead atoms. The predicted molar refractivity (Wildman–Crippen MR) is 124 cm³/mol. The van der Waals surface area contributed by atoms with Crippen molar-refractivity contribution >= 4 is 11.6 Å². The van der Waals surface area contributed by atoms with Gasteiger partial charge in [0.2, 0.25) is 0 Å². The first-order valence-corrected chi connectivity index (χ1v) is 12.8. The standard InChI is InChI=1S/C26H39N3O2/c30-23(18-21-2-1-3-21)19-22-6-4-20(5-7-22)9-12-28-13-15-29(16-14-28)26-24-10-17-31-25(24)8-11-27-26/h8,11,20-22H,1-7,9-10,12-19H2. The van der Waals surface area contributed by atoms with E-state index in [2.05, 4.69) is 14.8 Å². The SMILES string of the molecule is O=C(CC1CCC1)CC1CCC(CCN2CCN(c3nccc4c3CCO4)CC2)CC1. The number of anilines is 1. The number of ether oxygens (including phenoxy) is 1. The number of hydrogen-bond donors (Lipinski definition) is 0. The van der Waals surface area contributed by atoms with Crippen LogP contribution in [0.25, 0.3) is 0 Å². The van der Waals surface area contributed by atoms with E-state index < -0.39 is 0 Å². The molecule has 1 aromatic heterocycles. The summed E-state index contributed by atoms with van der Waals surface area (Å²) < 4.78 is 5.71. The summed E-state index contributed by atoms with van der Waals surface area (Å²) in [5.41, 5.74) is 1.30. The molecular formula is C26H39N3O2. The molecule has 0 unspecified atom stereocenters. The van der Waals surface area contributed by atoms with Crippen LogP contribution in [0.3, 0.4) is 0 Å². The van der Waals surface area contributed by atoms with Gasteiger partial charge in [-0.1, -0.05) is 32.1 Å². The first-order valence-electron chi connectivity index (χ1n) is 12.8. The minimum Gasteiger partial charge on any atom is -0.493 e. The smallest absolute Gasteiger partial charge is 0.135 e. The van der Waals surface area contributed by atoms with E-state index in [-0.39, 0.29) is 0 Å². The summed E-state index contributed by atoms with van der Waals surface area (Å²) in [7, 11) is 0. The maximum absolute atomic E-state index is 12.3. The number of carbonyl (C=O) groups excluding carboxylic acids is 1. The lowest BCUT2D eigenvalue weighted by Gasteiger charge is -2.37. The van der Waals surface area contributed by atoms with Gasteiger partial charge < -0.3 is 9.64 Å². The first kappa shape index (κ1) is 21.2. The predicted octanol–water partition coefficient (Wildman–Crippen LogP) is 4.48. The van der Waals surface area contributed by atoms with Gasteiger partial charge in [0, 0.05) is 57.2 Å². The molecule has 0 radical (unpaired) electrons. The van der Waals surface area contributed by atoms with E-state index >= 15 is 0 Å². The van der Waals surface area contributed by atoms with Crippen LogP contribution in [0, 0.1) is 17.8 Å². The fourth-order valence-corrected chi connectivity index (χ4v) is 6.07. The number of Topliss-reactive ketones (excluding diaryl/α,β-unsaturated/α-hetero) is 1. The van der Waals surface area contributed by atoms with Crippen LogP contribution in [0.4, 0.5) is 5.82 Å². The molecular weight excluding hydrogens is 386 g/mol. The second-order valence-electron chi connectivity index (χ2n) is 10.5. The van der Waals surface area contributed by atoms with Gasteiger partial charge in [0.15, 0.2) is 0 Å². The number of rotatable bonds is 8. The van der Waals surface area contributed by atoms with Crippen LogP contribution in [0.2, 0.25) is 0 Å². The van der Waals surface area contributed by atoms with Gasteiger partial charge in [-0.15, -0.1) is 0 Å². The van der Waals surface area contributed by atoms with Crippen molar-refractivity contribution in [3.05, 3.63) is 17.8 Å². The van der Waals surface area contributed by atoms with Crippen molar-refractivity contribution in [2.75, 3.05) is 44.2 Å². The van der Waals surface area contributed by atoms with Crippen LogP contribution in [0.5, 0.6) is 5.75 Å². The molecule has 0 amide bonds. The van der Waals surface area contributed by atoms with E-state index in [0.717, 1.165) is 75.5 Å². The van der Waals surface area contributed by atoms with E-state index in [1.54, 1.807) is 0 Å². The molecule has 0 aromatic carbocycles. The molecule has 0 N–H and O–H groups in total. The third kappa shape index (κ3) is 5.24. The number of aromatic nitrogens is 1. The zero-order valence-electron chi connectivity index (χ0n) is 19.1. The Morgan fingerprint density at radius 1 is 0.968 bits per heavy atom. The Hall–Kier alpha value is -1.62. The third-order valence-electron chi connectivity index (χ3n) is 8.35. The molecule has 1 aromatic rings. The van der Waals surface area contributed by atoms with E-state index in [1.165, 1.54) is 63.5 Å². The Balaban J connectivity index is 0.995. The molecule has 31 heavy (non-hydrogen) atoms. The molecule has 5 rings (SSSR count). The Bertz CT molecular complexity index is 747. The maximum atomic E-state index is 12.3. The second kappa shape index (κ2) is 9.89. The average Bonchev–Trinajstić information content (AvgIpc) is 3.25. The van der Waals surface area contributed by atoms with E-state index in [0.29, 0.717) is 11.7 Å². The number of pyridine rings is 1. The van der Waals surface area contributed by atoms with Crippen molar-refractivity contribution in [2.24, 2.45) is 17.8 Å². The van der Waals surface area contributed by atoms with Crippen molar-refractivity contribution in [1.29, 1.82) is 0 Å². The lowest BCUT2D eigenvalue weighted by atomic mass is 9.76. The highest BCUT2D eigenvalue weighted by Gasteiger charge is 2.27. The second-order valence-corrected chi connectivity index (χ2v) is 10.5. The fraction of sp³-hybridized carbons (Fsp3) is 0.769. The van der Waals surface area contributed by atoms with Crippen molar-refractivity contribution in [2.45, 2.75) is 70.6 Å². The zero-order valence-corrected chi connectivity index (χ0v) is 19.1. The molecule has 2 aliphatic carbocycles. The summed E-state index contributed by atoms with van der Waals surface area (Å²) in [4.78, 5) is 22.1. The number of ketones is 1.